The Morgan fingerprint density at radius 3 is 2.61 bits per heavy atom. The van der Waals surface area contributed by atoms with Crippen molar-refractivity contribution in [2.75, 3.05) is 6.67 Å². The molecule has 1 atom stereocenters. The van der Waals surface area contributed by atoms with Crippen LogP contribution in [0.15, 0.2) is 18.2 Å². The molecule has 0 amide bonds. The lowest BCUT2D eigenvalue weighted by molar-refractivity contribution is -0.145. The maximum atomic E-state index is 13.3. The van der Waals surface area contributed by atoms with E-state index >= 15 is 0 Å². The van der Waals surface area contributed by atoms with Crippen molar-refractivity contribution in [3.63, 3.8) is 0 Å². The van der Waals surface area contributed by atoms with Gasteiger partial charge in [-0.1, -0.05) is 11.6 Å². The van der Waals surface area contributed by atoms with Crippen LogP contribution in [-0.2, 0) is 10.7 Å². The van der Waals surface area contributed by atoms with E-state index in [0.717, 1.165) is 12.1 Å². The quantitative estimate of drug-likeness (QED) is 0.902. The van der Waals surface area contributed by atoms with Gasteiger partial charge in [-0.05, 0) is 18.2 Å². The van der Waals surface area contributed by atoms with Gasteiger partial charge in [0.2, 0.25) is 6.10 Å². The average Bonchev–Trinajstić information content (AvgIpc) is 2.25. The number of hydrogen-bond donors (Lipinski definition) is 1. The van der Waals surface area contributed by atoms with Gasteiger partial charge in [-0.3, -0.25) is 0 Å². The Morgan fingerprint density at radius 2 is 2.17 bits per heavy atom. The molecular formula is C11H10ClF3O3. The number of hydrogen-bond acceptors (Lipinski definition) is 2. The number of alkyl halides is 3. The van der Waals surface area contributed by atoms with Gasteiger partial charge in [-0.15, -0.1) is 0 Å². The van der Waals surface area contributed by atoms with Crippen LogP contribution < -0.4 is 4.74 Å². The van der Waals surface area contributed by atoms with Crippen LogP contribution in [0.4, 0.5) is 13.2 Å². The molecule has 0 spiro atoms. The molecule has 0 bridgehead atoms. The minimum atomic E-state index is -3.28. The minimum Gasteiger partial charge on any atom is -0.478 e. The molecule has 100 valence electrons. The first kappa shape index (κ1) is 14.6. The topological polar surface area (TPSA) is 46.5 Å². The van der Waals surface area contributed by atoms with Crippen LogP contribution in [0.2, 0.25) is 5.02 Å². The number of carboxylic acid groups (broad SMARTS) is 1. The number of carboxylic acids is 1. The van der Waals surface area contributed by atoms with Gasteiger partial charge in [0.1, 0.15) is 12.4 Å². The van der Waals surface area contributed by atoms with Crippen LogP contribution in [0.5, 0.6) is 5.75 Å². The van der Waals surface area contributed by atoms with Crippen LogP contribution >= 0.6 is 11.6 Å². The monoisotopic (exact) mass is 282 g/mol. The van der Waals surface area contributed by atoms with Crippen LogP contribution in [0.1, 0.15) is 12.5 Å². The van der Waals surface area contributed by atoms with E-state index in [9.17, 15) is 18.0 Å². The zero-order valence-electron chi connectivity index (χ0n) is 9.29. The number of carbonyl (C=O) groups is 1. The summed E-state index contributed by atoms with van der Waals surface area (Å²) in [6.45, 7) is -0.719. The van der Waals surface area contributed by atoms with Gasteiger partial charge in [-0.25, -0.2) is 18.0 Å². The summed E-state index contributed by atoms with van der Waals surface area (Å²) in [7, 11) is 0. The Hall–Kier alpha value is -1.43. The highest BCUT2D eigenvalue weighted by molar-refractivity contribution is 6.30. The van der Waals surface area contributed by atoms with Crippen LogP contribution in [0.25, 0.3) is 0 Å². The third-order valence-electron chi connectivity index (χ3n) is 2.10. The number of rotatable bonds is 5. The summed E-state index contributed by atoms with van der Waals surface area (Å²) >= 11 is 5.58. The molecular weight excluding hydrogens is 273 g/mol. The molecule has 0 aliphatic rings. The number of aliphatic carboxylic acids is 1. The van der Waals surface area contributed by atoms with Crippen molar-refractivity contribution in [3.05, 3.63) is 28.8 Å². The van der Waals surface area contributed by atoms with Crippen molar-refractivity contribution >= 4 is 17.6 Å². The zero-order chi connectivity index (χ0) is 13.9. The average molecular weight is 283 g/mol. The highest BCUT2D eigenvalue weighted by atomic mass is 35.5. The molecule has 0 fully saturated rings. The van der Waals surface area contributed by atoms with E-state index < -0.39 is 36.0 Å². The SMILES string of the molecule is CC(F)(F)c1cc(Cl)ccc1O[C@@H](CF)C(=O)O. The standard InChI is InChI=1S/C11H10ClF3O3/c1-11(14,15)7-4-6(12)2-3-8(7)18-9(5-13)10(16)17/h2-4,9H,5H2,1H3,(H,16,17)/t9-/m0/s1. The fourth-order valence-corrected chi connectivity index (χ4v) is 1.42. The third kappa shape index (κ3) is 3.53. The minimum absolute atomic E-state index is 0.0472. The lowest BCUT2D eigenvalue weighted by Gasteiger charge is -2.19. The molecule has 0 radical (unpaired) electrons. The summed E-state index contributed by atoms with van der Waals surface area (Å²) in [5.41, 5.74) is -0.588. The van der Waals surface area contributed by atoms with E-state index in [1.807, 2.05) is 0 Å². The van der Waals surface area contributed by atoms with Crippen molar-refractivity contribution in [2.24, 2.45) is 0 Å². The number of ether oxygens (including phenoxy) is 1. The van der Waals surface area contributed by atoms with E-state index in [-0.39, 0.29) is 5.02 Å². The van der Waals surface area contributed by atoms with Crippen molar-refractivity contribution in [3.8, 4) is 5.75 Å². The predicted molar refractivity (Wildman–Crippen MR) is 59.0 cm³/mol. The summed E-state index contributed by atoms with van der Waals surface area (Å²) < 4.78 is 43.6. The van der Waals surface area contributed by atoms with Crippen molar-refractivity contribution in [2.45, 2.75) is 19.0 Å². The number of benzene rings is 1. The summed E-state index contributed by atoms with van der Waals surface area (Å²) in [5, 5.41) is 8.65. The van der Waals surface area contributed by atoms with Gasteiger partial charge in [0.05, 0.1) is 5.56 Å². The first-order chi connectivity index (χ1) is 8.25. The molecule has 7 heteroatoms. The van der Waals surface area contributed by atoms with E-state index in [1.54, 1.807) is 0 Å². The highest BCUT2D eigenvalue weighted by Crippen LogP contribution is 2.36. The van der Waals surface area contributed by atoms with Gasteiger partial charge in [-0.2, -0.15) is 0 Å². The molecule has 0 saturated carbocycles. The Labute approximate surface area is 106 Å². The maximum Gasteiger partial charge on any atom is 0.347 e. The maximum absolute atomic E-state index is 13.3. The Balaban J connectivity index is 3.12. The van der Waals surface area contributed by atoms with Crippen LogP contribution in [0.3, 0.4) is 0 Å². The van der Waals surface area contributed by atoms with Gasteiger partial charge < -0.3 is 9.84 Å². The van der Waals surface area contributed by atoms with E-state index in [1.165, 1.54) is 6.07 Å². The number of halogens is 4. The summed E-state index contributed by atoms with van der Waals surface area (Å²) in [4.78, 5) is 10.6. The van der Waals surface area contributed by atoms with Gasteiger partial charge in [0.15, 0.2) is 0 Å². The fourth-order valence-electron chi connectivity index (χ4n) is 1.25. The zero-order valence-corrected chi connectivity index (χ0v) is 10.0. The molecule has 1 rings (SSSR count). The molecule has 0 saturated heterocycles. The normalized spacial score (nSPS) is 13.2. The largest absolute Gasteiger partial charge is 0.478 e. The fraction of sp³-hybridized carbons (Fsp3) is 0.364. The van der Waals surface area contributed by atoms with Crippen LogP contribution in [-0.4, -0.2) is 23.9 Å². The molecule has 0 heterocycles. The van der Waals surface area contributed by atoms with Gasteiger partial charge in [0, 0.05) is 11.9 Å². The second-order valence-electron chi connectivity index (χ2n) is 3.63. The van der Waals surface area contributed by atoms with E-state index in [2.05, 4.69) is 0 Å². The molecule has 1 N–H and O–H groups in total. The van der Waals surface area contributed by atoms with Gasteiger partial charge in [0.25, 0.3) is 5.92 Å². The predicted octanol–water partition coefficient (Wildman–Crippen LogP) is 3.25. The van der Waals surface area contributed by atoms with E-state index in [0.29, 0.717) is 6.92 Å². The third-order valence-corrected chi connectivity index (χ3v) is 2.33. The highest BCUT2D eigenvalue weighted by Gasteiger charge is 2.31. The van der Waals surface area contributed by atoms with Crippen molar-refractivity contribution < 1.29 is 27.8 Å². The Kier molecular flexibility index (Phi) is 4.45. The molecule has 1 aromatic rings. The lowest BCUT2D eigenvalue weighted by Crippen LogP contribution is -2.30. The molecule has 1 aromatic carbocycles. The molecule has 3 nitrogen and oxygen atoms in total. The summed E-state index contributed by atoms with van der Waals surface area (Å²) in [6, 6.07) is 3.29. The second-order valence-corrected chi connectivity index (χ2v) is 4.06. The van der Waals surface area contributed by atoms with Gasteiger partial charge >= 0.3 is 5.97 Å². The summed E-state index contributed by atoms with van der Waals surface area (Å²) in [5.74, 6) is -5.26. The second kappa shape index (κ2) is 5.48. The van der Waals surface area contributed by atoms with Crippen molar-refractivity contribution in [1.82, 2.24) is 0 Å². The smallest absolute Gasteiger partial charge is 0.347 e. The van der Waals surface area contributed by atoms with Crippen LogP contribution in [0, 0.1) is 0 Å². The first-order valence-electron chi connectivity index (χ1n) is 4.89. The Bertz CT molecular complexity index is 446. The molecule has 0 aromatic heterocycles. The summed E-state index contributed by atoms with van der Waals surface area (Å²) in [6.07, 6.45) is -1.83. The van der Waals surface area contributed by atoms with E-state index in [4.69, 9.17) is 21.4 Å². The molecule has 0 unspecified atom stereocenters. The molecule has 18 heavy (non-hydrogen) atoms. The van der Waals surface area contributed by atoms with Crippen molar-refractivity contribution in [1.29, 1.82) is 0 Å². The molecule has 0 aliphatic heterocycles. The lowest BCUT2D eigenvalue weighted by atomic mass is 10.1. The molecule has 0 aliphatic carbocycles. The Morgan fingerprint density at radius 1 is 1.56 bits per heavy atom. The first-order valence-corrected chi connectivity index (χ1v) is 5.26.